The van der Waals surface area contributed by atoms with E-state index in [1.807, 2.05) is 6.07 Å². The number of benzene rings is 1. The van der Waals surface area contributed by atoms with E-state index in [4.69, 9.17) is 5.73 Å². The largest absolute Gasteiger partial charge is 0.397 e. The Kier molecular flexibility index (Phi) is 3.45. The average molecular weight is 247 g/mol. The molecule has 0 spiro atoms. The molecule has 1 aromatic carbocycles. The Balaban J connectivity index is 2.08. The van der Waals surface area contributed by atoms with Crippen molar-refractivity contribution in [3.8, 4) is 0 Å². The van der Waals surface area contributed by atoms with Crippen molar-refractivity contribution in [1.82, 2.24) is 5.32 Å². The van der Waals surface area contributed by atoms with E-state index in [0.29, 0.717) is 16.7 Å². The number of carbonyl (C=O) groups excluding carboxylic acids is 1. The summed E-state index contributed by atoms with van der Waals surface area (Å²) < 4.78 is 0. The standard InChI is InChI=1S/C14H21N3O/c1-14(6-3-7-14)9-17-12-8-10(13(18)16-2)4-5-11(12)15/h4-5,8,17H,3,6-7,9,15H2,1-2H3,(H,16,18). The van der Waals surface area contributed by atoms with Gasteiger partial charge in [-0.1, -0.05) is 13.3 Å². The van der Waals surface area contributed by atoms with Gasteiger partial charge >= 0.3 is 0 Å². The van der Waals surface area contributed by atoms with Crippen LogP contribution in [-0.2, 0) is 0 Å². The van der Waals surface area contributed by atoms with Crippen molar-refractivity contribution >= 4 is 17.3 Å². The van der Waals surface area contributed by atoms with E-state index in [0.717, 1.165) is 12.2 Å². The molecule has 1 aromatic rings. The van der Waals surface area contributed by atoms with Gasteiger partial charge in [-0.15, -0.1) is 0 Å². The number of hydrogen-bond acceptors (Lipinski definition) is 3. The molecule has 1 saturated carbocycles. The molecule has 1 aliphatic rings. The molecule has 4 heteroatoms. The van der Waals surface area contributed by atoms with E-state index >= 15 is 0 Å². The lowest BCUT2D eigenvalue weighted by Gasteiger charge is -2.38. The molecule has 1 amide bonds. The van der Waals surface area contributed by atoms with Crippen molar-refractivity contribution in [3.63, 3.8) is 0 Å². The monoisotopic (exact) mass is 247 g/mol. The summed E-state index contributed by atoms with van der Waals surface area (Å²) in [5.41, 5.74) is 8.48. The summed E-state index contributed by atoms with van der Waals surface area (Å²) in [6.07, 6.45) is 3.83. The van der Waals surface area contributed by atoms with E-state index in [9.17, 15) is 4.79 Å². The van der Waals surface area contributed by atoms with E-state index in [-0.39, 0.29) is 5.91 Å². The van der Waals surface area contributed by atoms with E-state index in [1.165, 1.54) is 19.3 Å². The number of rotatable bonds is 4. The lowest BCUT2D eigenvalue weighted by molar-refractivity contribution is 0.0963. The maximum Gasteiger partial charge on any atom is 0.251 e. The quantitative estimate of drug-likeness (QED) is 0.715. The maximum absolute atomic E-state index is 11.6. The first-order chi connectivity index (χ1) is 8.54. The molecule has 0 saturated heterocycles. The lowest BCUT2D eigenvalue weighted by atomic mass is 9.70. The molecule has 0 unspecified atom stereocenters. The molecule has 0 radical (unpaired) electrons. The predicted molar refractivity (Wildman–Crippen MR) is 74.7 cm³/mol. The summed E-state index contributed by atoms with van der Waals surface area (Å²) in [6.45, 7) is 3.19. The van der Waals surface area contributed by atoms with Crippen molar-refractivity contribution in [2.24, 2.45) is 5.41 Å². The minimum absolute atomic E-state index is 0.0899. The normalized spacial score (nSPS) is 16.8. The first-order valence-electron chi connectivity index (χ1n) is 6.40. The van der Waals surface area contributed by atoms with Gasteiger partial charge in [-0.05, 0) is 36.5 Å². The Hall–Kier alpha value is -1.71. The third kappa shape index (κ3) is 2.58. The molecule has 4 N–H and O–H groups in total. The van der Waals surface area contributed by atoms with Crippen LogP contribution in [0.2, 0.25) is 0 Å². The van der Waals surface area contributed by atoms with Crippen LogP contribution in [0.15, 0.2) is 18.2 Å². The topological polar surface area (TPSA) is 67.2 Å². The summed E-state index contributed by atoms with van der Waals surface area (Å²) in [4.78, 5) is 11.6. The number of anilines is 2. The van der Waals surface area contributed by atoms with Crippen LogP contribution in [0.5, 0.6) is 0 Å². The van der Waals surface area contributed by atoms with Gasteiger partial charge in [0.1, 0.15) is 0 Å². The molecule has 0 bridgehead atoms. The highest BCUT2D eigenvalue weighted by molar-refractivity contribution is 5.96. The molecule has 4 nitrogen and oxygen atoms in total. The number of nitrogens with one attached hydrogen (secondary N) is 2. The Morgan fingerprint density at radius 1 is 1.44 bits per heavy atom. The van der Waals surface area contributed by atoms with Crippen LogP contribution in [0, 0.1) is 5.41 Å². The van der Waals surface area contributed by atoms with Crippen LogP contribution in [-0.4, -0.2) is 19.5 Å². The van der Waals surface area contributed by atoms with Crippen molar-refractivity contribution in [2.45, 2.75) is 26.2 Å². The lowest BCUT2D eigenvalue weighted by Crippen LogP contribution is -2.33. The first kappa shape index (κ1) is 12.7. The van der Waals surface area contributed by atoms with Crippen LogP contribution in [0.1, 0.15) is 36.5 Å². The third-order valence-corrected chi connectivity index (χ3v) is 3.81. The second-order valence-corrected chi connectivity index (χ2v) is 5.40. The number of nitrogens with two attached hydrogens (primary N) is 1. The molecule has 18 heavy (non-hydrogen) atoms. The van der Waals surface area contributed by atoms with Crippen LogP contribution in [0.4, 0.5) is 11.4 Å². The number of carbonyl (C=O) groups is 1. The zero-order chi connectivity index (χ0) is 13.2. The summed E-state index contributed by atoms with van der Waals surface area (Å²) in [5, 5.41) is 5.98. The van der Waals surface area contributed by atoms with Crippen LogP contribution in [0.3, 0.4) is 0 Å². The van der Waals surface area contributed by atoms with Crippen molar-refractivity contribution in [1.29, 1.82) is 0 Å². The van der Waals surface area contributed by atoms with Gasteiger partial charge in [-0.25, -0.2) is 0 Å². The highest BCUT2D eigenvalue weighted by Crippen LogP contribution is 2.40. The highest BCUT2D eigenvalue weighted by Gasteiger charge is 2.31. The Morgan fingerprint density at radius 3 is 2.72 bits per heavy atom. The van der Waals surface area contributed by atoms with Gasteiger partial charge < -0.3 is 16.4 Å². The summed E-state index contributed by atoms with van der Waals surface area (Å²) in [5.74, 6) is -0.0899. The predicted octanol–water partition coefficient (Wildman–Crippen LogP) is 2.23. The highest BCUT2D eigenvalue weighted by atomic mass is 16.1. The third-order valence-electron chi connectivity index (χ3n) is 3.81. The smallest absolute Gasteiger partial charge is 0.251 e. The zero-order valence-corrected chi connectivity index (χ0v) is 11.0. The summed E-state index contributed by atoms with van der Waals surface area (Å²) in [6, 6.07) is 5.33. The molecule has 1 aliphatic carbocycles. The Labute approximate surface area is 108 Å². The fourth-order valence-electron chi connectivity index (χ4n) is 2.26. The molecule has 1 fully saturated rings. The van der Waals surface area contributed by atoms with Crippen molar-refractivity contribution < 1.29 is 4.79 Å². The summed E-state index contributed by atoms with van der Waals surface area (Å²) in [7, 11) is 1.63. The zero-order valence-electron chi connectivity index (χ0n) is 11.0. The molecular weight excluding hydrogens is 226 g/mol. The second kappa shape index (κ2) is 4.88. The van der Waals surface area contributed by atoms with Gasteiger partial charge in [-0.2, -0.15) is 0 Å². The van der Waals surface area contributed by atoms with Gasteiger partial charge in [0.2, 0.25) is 0 Å². The molecule has 0 aromatic heterocycles. The summed E-state index contributed by atoms with van der Waals surface area (Å²) >= 11 is 0. The van der Waals surface area contributed by atoms with Gasteiger partial charge in [0, 0.05) is 19.2 Å². The second-order valence-electron chi connectivity index (χ2n) is 5.40. The fraction of sp³-hybridized carbons (Fsp3) is 0.500. The van der Waals surface area contributed by atoms with Crippen LogP contribution < -0.4 is 16.4 Å². The average Bonchev–Trinajstić information content (AvgIpc) is 2.34. The number of hydrogen-bond donors (Lipinski definition) is 3. The SMILES string of the molecule is CNC(=O)c1ccc(N)c(NCC2(C)CCC2)c1. The van der Waals surface area contributed by atoms with Crippen LogP contribution >= 0.6 is 0 Å². The first-order valence-corrected chi connectivity index (χ1v) is 6.40. The minimum atomic E-state index is -0.0899. The Morgan fingerprint density at radius 2 is 2.17 bits per heavy atom. The molecule has 0 atom stereocenters. The number of nitrogen functional groups attached to an aromatic ring is 1. The molecule has 0 aliphatic heterocycles. The molecular formula is C14H21N3O. The van der Waals surface area contributed by atoms with Gasteiger partial charge in [0.25, 0.3) is 5.91 Å². The van der Waals surface area contributed by atoms with E-state index in [1.54, 1.807) is 19.2 Å². The minimum Gasteiger partial charge on any atom is -0.397 e. The van der Waals surface area contributed by atoms with Gasteiger partial charge in [-0.3, -0.25) is 4.79 Å². The Bertz CT molecular complexity index is 452. The van der Waals surface area contributed by atoms with Crippen molar-refractivity contribution in [2.75, 3.05) is 24.6 Å². The molecule has 2 rings (SSSR count). The van der Waals surface area contributed by atoms with Gasteiger partial charge in [0.05, 0.1) is 11.4 Å². The van der Waals surface area contributed by atoms with E-state index < -0.39 is 0 Å². The van der Waals surface area contributed by atoms with Crippen LogP contribution in [0.25, 0.3) is 0 Å². The van der Waals surface area contributed by atoms with Crippen molar-refractivity contribution in [3.05, 3.63) is 23.8 Å². The van der Waals surface area contributed by atoms with E-state index in [2.05, 4.69) is 17.6 Å². The van der Waals surface area contributed by atoms with Gasteiger partial charge in [0.15, 0.2) is 0 Å². The number of amides is 1. The molecule has 0 heterocycles. The maximum atomic E-state index is 11.6. The fourth-order valence-corrected chi connectivity index (χ4v) is 2.26. The molecule has 98 valence electrons.